The quantitative estimate of drug-likeness (QED) is 0.890. The predicted molar refractivity (Wildman–Crippen MR) is 85.0 cm³/mol. The molecule has 1 saturated heterocycles. The third kappa shape index (κ3) is 3.51. The summed E-state index contributed by atoms with van der Waals surface area (Å²) in [6.45, 7) is 1.24. The Morgan fingerprint density at radius 3 is 3.00 bits per heavy atom. The van der Waals surface area contributed by atoms with Crippen LogP contribution in [0.3, 0.4) is 0 Å². The highest BCUT2D eigenvalue weighted by atomic mass is 16.5. The van der Waals surface area contributed by atoms with Crippen LogP contribution in [0.15, 0.2) is 23.8 Å². The lowest BCUT2D eigenvalue weighted by Crippen LogP contribution is -2.47. The van der Waals surface area contributed by atoms with E-state index in [1.807, 2.05) is 12.1 Å². The Morgan fingerprint density at radius 2 is 2.25 bits per heavy atom. The number of methoxy groups -OCH3 is 1. The van der Waals surface area contributed by atoms with Crippen LogP contribution in [-0.4, -0.2) is 61.4 Å². The summed E-state index contributed by atoms with van der Waals surface area (Å²) in [5.41, 5.74) is 1.33. The Labute approximate surface area is 139 Å². The molecule has 1 atom stereocenters. The standard InChI is InChI=1S/C17H19NO6/c1-22-13-2-3-15-11(7-13)6-12(10-24-15)17(21)18-4-5-23-14(9-18)8-16(19)20/h2-3,6-7,14H,4-5,8-10H2,1H3,(H,19,20). The fraction of sp³-hybridized carbons (Fsp3) is 0.412. The van der Waals surface area contributed by atoms with E-state index in [1.54, 1.807) is 24.2 Å². The first kappa shape index (κ1) is 16.3. The van der Waals surface area contributed by atoms with Crippen molar-refractivity contribution in [2.45, 2.75) is 12.5 Å². The number of ether oxygens (including phenoxy) is 3. The maximum atomic E-state index is 12.7. The fourth-order valence-electron chi connectivity index (χ4n) is 2.83. The lowest BCUT2D eigenvalue weighted by atomic mass is 10.1. The van der Waals surface area contributed by atoms with Crippen LogP contribution in [0.5, 0.6) is 11.5 Å². The van der Waals surface area contributed by atoms with Crippen molar-refractivity contribution >= 4 is 18.0 Å². The van der Waals surface area contributed by atoms with Gasteiger partial charge in [-0.2, -0.15) is 0 Å². The zero-order chi connectivity index (χ0) is 17.1. The lowest BCUT2D eigenvalue weighted by Gasteiger charge is -2.33. The molecule has 7 nitrogen and oxygen atoms in total. The Kier molecular flexibility index (Phi) is 4.71. The molecule has 1 aromatic carbocycles. The topological polar surface area (TPSA) is 85.3 Å². The molecule has 1 amide bonds. The maximum absolute atomic E-state index is 12.7. The highest BCUT2D eigenvalue weighted by molar-refractivity contribution is 5.99. The number of aliphatic carboxylic acids is 1. The summed E-state index contributed by atoms with van der Waals surface area (Å²) in [5.74, 6) is 0.311. The molecule has 3 rings (SSSR count). The van der Waals surface area contributed by atoms with E-state index in [-0.39, 0.29) is 25.5 Å². The van der Waals surface area contributed by atoms with Gasteiger partial charge in [-0.25, -0.2) is 0 Å². The molecule has 0 saturated carbocycles. The van der Waals surface area contributed by atoms with E-state index in [0.29, 0.717) is 30.2 Å². The molecule has 0 aromatic heterocycles. The Balaban J connectivity index is 1.74. The molecular formula is C17H19NO6. The van der Waals surface area contributed by atoms with Crippen molar-refractivity contribution in [3.8, 4) is 11.5 Å². The van der Waals surface area contributed by atoms with Gasteiger partial charge < -0.3 is 24.2 Å². The van der Waals surface area contributed by atoms with Gasteiger partial charge in [0.05, 0.1) is 31.8 Å². The summed E-state index contributed by atoms with van der Waals surface area (Å²) in [7, 11) is 1.58. The number of rotatable bonds is 4. The van der Waals surface area contributed by atoms with Crippen molar-refractivity contribution in [1.29, 1.82) is 0 Å². The molecule has 0 radical (unpaired) electrons. The third-order valence-corrected chi connectivity index (χ3v) is 4.03. The molecular weight excluding hydrogens is 314 g/mol. The minimum absolute atomic E-state index is 0.112. The van der Waals surface area contributed by atoms with Crippen LogP contribution in [0.4, 0.5) is 0 Å². The molecule has 0 bridgehead atoms. The number of carboxylic acids is 1. The van der Waals surface area contributed by atoms with Crippen LogP contribution in [0, 0.1) is 0 Å². The Morgan fingerprint density at radius 1 is 1.42 bits per heavy atom. The van der Waals surface area contributed by atoms with E-state index >= 15 is 0 Å². The first-order valence-corrected chi connectivity index (χ1v) is 7.71. The molecule has 1 N–H and O–H groups in total. The van der Waals surface area contributed by atoms with Gasteiger partial charge in [-0.1, -0.05) is 0 Å². The third-order valence-electron chi connectivity index (χ3n) is 4.03. The van der Waals surface area contributed by atoms with E-state index < -0.39 is 12.1 Å². The second-order valence-corrected chi connectivity index (χ2v) is 5.70. The summed E-state index contributed by atoms with van der Waals surface area (Å²) in [6, 6.07) is 5.43. The van der Waals surface area contributed by atoms with Gasteiger partial charge in [0.1, 0.15) is 18.1 Å². The number of carbonyl (C=O) groups excluding carboxylic acids is 1. The van der Waals surface area contributed by atoms with Gasteiger partial charge in [0.2, 0.25) is 0 Å². The monoisotopic (exact) mass is 333 g/mol. The summed E-state index contributed by atoms with van der Waals surface area (Å²) >= 11 is 0. The zero-order valence-corrected chi connectivity index (χ0v) is 13.4. The van der Waals surface area contributed by atoms with Gasteiger partial charge in [-0.15, -0.1) is 0 Å². The molecule has 1 fully saturated rings. The first-order chi connectivity index (χ1) is 11.6. The Bertz CT molecular complexity index is 684. The van der Waals surface area contributed by atoms with Crippen molar-refractivity contribution in [2.24, 2.45) is 0 Å². The molecule has 24 heavy (non-hydrogen) atoms. The van der Waals surface area contributed by atoms with Gasteiger partial charge in [0, 0.05) is 18.7 Å². The van der Waals surface area contributed by atoms with E-state index in [0.717, 1.165) is 5.56 Å². The number of carbonyl (C=O) groups is 2. The van der Waals surface area contributed by atoms with E-state index in [4.69, 9.17) is 19.3 Å². The van der Waals surface area contributed by atoms with E-state index in [1.165, 1.54) is 0 Å². The average molecular weight is 333 g/mol. The molecule has 128 valence electrons. The van der Waals surface area contributed by atoms with Crippen LogP contribution in [0.2, 0.25) is 0 Å². The van der Waals surface area contributed by atoms with Crippen LogP contribution >= 0.6 is 0 Å². The van der Waals surface area contributed by atoms with E-state index in [2.05, 4.69) is 0 Å². The number of nitrogens with zero attached hydrogens (tertiary/aromatic N) is 1. The number of benzene rings is 1. The van der Waals surface area contributed by atoms with Gasteiger partial charge in [-0.3, -0.25) is 9.59 Å². The molecule has 2 aliphatic heterocycles. The second kappa shape index (κ2) is 6.92. The number of amides is 1. The normalized spacial score (nSPS) is 19.8. The molecule has 2 heterocycles. The maximum Gasteiger partial charge on any atom is 0.306 e. The molecule has 7 heteroatoms. The second-order valence-electron chi connectivity index (χ2n) is 5.70. The van der Waals surface area contributed by atoms with Crippen molar-refractivity contribution in [1.82, 2.24) is 4.90 Å². The predicted octanol–water partition coefficient (Wildman–Crippen LogP) is 1.17. The van der Waals surface area contributed by atoms with Crippen LogP contribution < -0.4 is 9.47 Å². The fourth-order valence-corrected chi connectivity index (χ4v) is 2.83. The molecule has 2 aliphatic rings. The SMILES string of the molecule is COc1ccc2c(c1)C=C(C(=O)N1CCOC(CC(=O)O)C1)CO2. The number of carboxylic acid groups (broad SMARTS) is 1. The molecule has 0 aliphatic carbocycles. The summed E-state index contributed by atoms with van der Waals surface area (Å²) in [6.07, 6.45) is 1.21. The minimum atomic E-state index is -0.935. The molecule has 0 spiro atoms. The highest BCUT2D eigenvalue weighted by Gasteiger charge is 2.29. The van der Waals surface area contributed by atoms with Crippen LogP contribution in [-0.2, 0) is 14.3 Å². The van der Waals surface area contributed by atoms with Crippen molar-refractivity contribution in [2.75, 3.05) is 33.4 Å². The zero-order valence-electron chi connectivity index (χ0n) is 13.4. The lowest BCUT2D eigenvalue weighted by molar-refractivity contribution is -0.146. The van der Waals surface area contributed by atoms with Crippen molar-refractivity contribution in [3.63, 3.8) is 0 Å². The molecule has 1 aromatic rings. The number of fused-ring (bicyclic) bond motifs is 1. The van der Waals surface area contributed by atoms with E-state index in [9.17, 15) is 9.59 Å². The number of morpholine rings is 1. The summed E-state index contributed by atoms with van der Waals surface area (Å²) < 4.78 is 16.2. The Hall–Kier alpha value is -2.54. The van der Waals surface area contributed by atoms with Gasteiger partial charge in [-0.05, 0) is 24.3 Å². The number of hydrogen-bond donors (Lipinski definition) is 1. The van der Waals surface area contributed by atoms with Gasteiger partial charge in [0.25, 0.3) is 5.91 Å². The van der Waals surface area contributed by atoms with Crippen LogP contribution in [0.1, 0.15) is 12.0 Å². The summed E-state index contributed by atoms with van der Waals surface area (Å²) in [5, 5.41) is 8.87. The average Bonchev–Trinajstić information content (AvgIpc) is 2.59. The molecule has 1 unspecified atom stereocenters. The minimum Gasteiger partial charge on any atom is -0.497 e. The number of hydrogen-bond acceptors (Lipinski definition) is 5. The first-order valence-electron chi connectivity index (χ1n) is 7.71. The van der Waals surface area contributed by atoms with Gasteiger partial charge >= 0.3 is 5.97 Å². The van der Waals surface area contributed by atoms with Crippen molar-refractivity contribution in [3.05, 3.63) is 29.3 Å². The van der Waals surface area contributed by atoms with Crippen molar-refractivity contribution < 1.29 is 28.9 Å². The van der Waals surface area contributed by atoms with Gasteiger partial charge in [0.15, 0.2) is 0 Å². The smallest absolute Gasteiger partial charge is 0.306 e. The summed E-state index contributed by atoms with van der Waals surface area (Å²) in [4.78, 5) is 25.1. The largest absolute Gasteiger partial charge is 0.497 e. The van der Waals surface area contributed by atoms with Crippen LogP contribution in [0.25, 0.3) is 6.08 Å². The highest BCUT2D eigenvalue weighted by Crippen LogP contribution is 2.30.